The zero-order valence-electron chi connectivity index (χ0n) is 12.9. The lowest BCUT2D eigenvalue weighted by atomic mass is 10.1. The van der Waals surface area contributed by atoms with Crippen LogP contribution < -0.4 is 5.73 Å². The molecular weight excluding hydrogens is 264 g/mol. The van der Waals surface area contributed by atoms with Crippen molar-refractivity contribution in [1.29, 1.82) is 0 Å². The summed E-state index contributed by atoms with van der Waals surface area (Å²) in [5, 5.41) is 0. The van der Waals surface area contributed by atoms with E-state index in [4.69, 9.17) is 10.5 Å². The molecule has 0 radical (unpaired) electrons. The molecule has 0 aromatic heterocycles. The first-order chi connectivity index (χ1) is 10.2. The molecule has 1 aliphatic rings. The van der Waals surface area contributed by atoms with Crippen molar-refractivity contribution in [2.24, 2.45) is 0 Å². The second kappa shape index (κ2) is 8.03. The fourth-order valence-electron chi connectivity index (χ4n) is 2.79. The number of ether oxygens (including phenoxy) is 1. The molecule has 1 aliphatic heterocycles. The van der Waals surface area contributed by atoms with E-state index >= 15 is 0 Å². The van der Waals surface area contributed by atoms with Crippen LogP contribution in [-0.4, -0.2) is 30.1 Å². The Morgan fingerprint density at radius 3 is 3.00 bits per heavy atom. The van der Waals surface area contributed by atoms with E-state index in [1.54, 1.807) is 0 Å². The van der Waals surface area contributed by atoms with Crippen molar-refractivity contribution in [3.8, 4) is 0 Å². The van der Waals surface area contributed by atoms with Crippen LogP contribution in [0.25, 0.3) is 0 Å². The van der Waals surface area contributed by atoms with Crippen molar-refractivity contribution >= 4 is 11.6 Å². The number of amides is 1. The minimum absolute atomic E-state index is 0.217. The van der Waals surface area contributed by atoms with Gasteiger partial charge in [0.25, 0.3) is 0 Å². The molecule has 0 bridgehead atoms. The molecule has 4 heteroatoms. The van der Waals surface area contributed by atoms with Crippen molar-refractivity contribution in [1.82, 2.24) is 4.90 Å². The zero-order valence-corrected chi connectivity index (χ0v) is 12.9. The molecule has 1 atom stereocenters. The second-order valence-corrected chi connectivity index (χ2v) is 5.73. The molecule has 4 nitrogen and oxygen atoms in total. The van der Waals surface area contributed by atoms with Gasteiger partial charge in [0.1, 0.15) is 0 Å². The Kier molecular flexibility index (Phi) is 6.05. The van der Waals surface area contributed by atoms with Crippen LogP contribution in [0.3, 0.4) is 0 Å². The SMILES string of the molecule is CCCN(Cc1cccc(N)c1)C(=O)CCC1CCCO1. The molecule has 1 fully saturated rings. The Bertz CT molecular complexity index is 456. The molecule has 1 unspecified atom stereocenters. The molecule has 21 heavy (non-hydrogen) atoms. The lowest BCUT2D eigenvalue weighted by Gasteiger charge is -2.23. The Morgan fingerprint density at radius 2 is 2.33 bits per heavy atom. The summed E-state index contributed by atoms with van der Waals surface area (Å²) in [5.41, 5.74) is 7.64. The summed E-state index contributed by atoms with van der Waals surface area (Å²) in [6.45, 7) is 4.38. The highest BCUT2D eigenvalue weighted by Gasteiger charge is 2.19. The van der Waals surface area contributed by atoms with E-state index in [2.05, 4.69) is 6.92 Å². The summed E-state index contributed by atoms with van der Waals surface area (Å²) in [6, 6.07) is 7.76. The molecule has 2 rings (SSSR count). The Morgan fingerprint density at radius 1 is 1.48 bits per heavy atom. The van der Waals surface area contributed by atoms with Crippen molar-refractivity contribution in [2.75, 3.05) is 18.9 Å². The highest BCUT2D eigenvalue weighted by atomic mass is 16.5. The van der Waals surface area contributed by atoms with Crippen LogP contribution in [0.2, 0.25) is 0 Å². The summed E-state index contributed by atoms with van der Waals surface area (Å²) in [7, 11) is 0. The summed E-state index contributed by atoms with van der Waals surface area (Å²) < 4.78 is 5.59. The quantitative estimate of drug-likeness (QED) is 0.785. The second-order valence-electron chi connectivity index (χ2n) is 5.73. The van der Waals surface area contributed by atoms with Crippen LogP contribution in [0.15, 0.2) is 24.3 Å². The van der Waals surface area contributed by atoms with Gasteiger partial charge in [-0.15, -0.1) is 0 Å². The van der Waals surface area contributed by atoms with E-state index in [-0.39, 0.29) is 12.0 Å². The fourth-order valence-corrected chi connectivity index (χ4v) is 2.79. The Balaban J connectivity index is 1.88. The molecule has 1 aromatic carbocycles. The smallest absolute Gasteiger partial charge is 0.222 e. The average Bonchev–Trinajstić information content (AvgIpc) is 2.97. The van der Waals surface area contributed by atoms with E-state index < -0.39 is 0 Å². The highest BCUT2D eigenvalue weighted by Crippen LogP contribution is 2.18. The Hall–Kier alpha value is -1.55. The third-order valence-electron chi connectivity index (χ3n) is 3.87. The molecule has 1 saturated heterocycles. The van der Waals surface area contributed by atoms with Crippen LogP contribution in [0.1, 0.15) is 44.6 Å². The van der Waals surface area contributed by atoms with E-state index in [1.807, 2.05) is 29.2 Å². The lowest BCUT2D eigenvalue weighted by molar-refractivity contribution is -0.132. The van der Waals surface area contributed by atoms with Crippen LogP contribution in [0.5, 0.6) is 0 Å². The molecule has 0 spiro atoms. The third-order valence-corrected chi connectivity index (χ3v) is 3.87. The number of nitrogens with zero attached hydrogens (tertiary/aromatic N) is 1. The highest BCUT2D eigenvalue weighted by molar-refractivity contribution is 5.76. The molecule has 2 N–H and O–H groups in total. The predicted octanol–water partition coefficient (Wildman–Crippen LogP) is 2.97. The maximum absolute atomic E-state index is 12.4. The summed E-state index contributed by atoms with van der Waals surface area (Å²) >= 11 is 0. The van der Waals surface area contributed by atoms with Gasteiger partial charge in [-0.25, -0.2) is 0 Å². The predicted molar refractivity (Wildman–Crippen MR) is 84.8 cm³/mol. The maximum Gasteiger partial charge on any atom is 0.222 e. The third kappa shape index (κ3) is 5.05. The minimum Gasteiger partial charge on any atom is -0.399 e. The van der Waals surface area contributed by atoms with Gasteiger partial charge < -0.3 is 15.4 Å². The van der Waals surface area contributed by atoms with Crippen LogP contribution in [0.4, 0.5) is 5.69 Å². The largest absolute Gasteiger partial charge is 0.399 e. The molecule has 1 amide bonds. The van der Waals surface area contributed by atoms with Gasteiger partial charge in [0.2, 0.25) is 5.91 Å². The maximum atomic E-state index is 12.4. The topological polar surface area (TPSA) is 55.6 Å². The van der Waals surface area contributed by atoms with Crippen LogP contribution in [0, 0.1) is 0 Å². The molecule has 0 saturated carbocycles. The van der Waals surface area contributed by atoms with Crippen molar-refractivity contribution in [2.45, 2.75) is 51.7 Å². The standard InChI is InChI=1S/C17H26N2O2/c1-2-10-19(13-14-5-3-6-15(18)12-14)17(20)9-8-16-7-4-11-21-16/h3,5-6,12,16H,2,4,7-11,13,18H2,1H3. The van der Waals surface area contributed by atoms with Gasteiger partial charge >= 0.3 is 0 Å². The molecular formula is C17H26N2O2. The summed E-state index contributed by atoms with van der Waals surface area (Å²) in [4.78, 5) is 14.4. The number of rotatable bonds is 7. The number of nitrogen functional groups attached to an aromatic ring is 1. The normalized spacial score (nSPS) is 17.9. The molecule has 1 heterocycles. The number of carbonyl (C=O) groups is 1. The number of carbonyl (C=O) groups excluding carboxylic acids is 1. The monoisotopic (exact) mass is 290 g/mol. The summed E-state index contributed by atoms with van der Waals surface area (Å²) in [6.07, 6.45) is 4.89. The zero-order chi connectivity index (χ0) is 15.1. The molecule has 116 valence electrons. The van der Waals surface area contributed by atoms with Crippen molar-refractivity contribution in [3.63, 3.8) is 0 Å². The number of benzene rings is 1. The van der Waals surface area contributed by atoms with Gasteiger partial charge in [-0.1, -0.05) is 19.1 Å². The van der Waals surface area contributed by atoms with Gasteiger partial charge in [-0.2, -0.15) is 0 Å². The lowest BCUT2D eigenvalue weighted by Crippen LogP contribution is -2.31. The van der Waals surface area contributed by atoms with Crippen molar-refractivity contribution < 1.29 is 9.53 Å². The van der Waals surface area contributed by atoms with E-state index in [0.29, 0.717) is 13.0 Å². The number of hydrogen-bond acceptors (Lipinski definition) is 3. The van der Waals surface area contributed by atoms with E-state index in [1.165, 1.54) is 0 Å². The molecule has 0 aliphatic carbocycles. The van der Waals surface area contributed by atoms with Crippen LogP contribution >= 0.6 is 0 Å². The number of hydrogen-bond donors (Lipinski definition) is 1. The van der Waals surface area contributed by atoms with Gasteiger partial charge in [0.05, 0.1) is 6.10 Å². The number of nitrogens with two attached hydrogens (primary N) is 1. The average molecular weight is 290 g/mol. The van der Waals surface area contributed by atoms with E-state index in [9.17, 15) is 4.79 Å². The first-order valence-corrected chi connectivity index (χ1v) is 7.93. The molecule has 1 aromatic rings. The fraction of sp³-hybridized carbons (Fsp3) is 0.588. The van der Waals surface area contributed by atoms with Gasteiger partial charge in [-0.05, 0) is 43.4 Å². The van der Waals surface area contributed by atoms with Crippen molar-refractivity contribution in [3.05, 3.63) is 29.8 Å². The first kappa shape index (κ1) is 15.8. The Labute approximate surface area is 127 Å². The van der Waals surface area contributed by atoms with Gasteiger partial charge in [-0.3, -0.25) is 4.79 Å². The minimum atomic E-state index is 0.217. The van der Waals surface area contributed by atoms with Gasteiger partial charge in [0, 0.05) is 31.8 Å². The van der Waals surface area contributed by atoms with Crippen LogP contribution in [-0.2, 0) is 16.1 Å². The van der Waals surface area contributed by atoms with Gasteiger partial charge in [0.15, 0.2) is 0 Å². The number of anilines is 1. The summed E-state index contributed by atoms with van der Waals surface area (Å²) in [5.74, 6) is 0.217. The van der Waals surface area contributed by atoms with E-state index in [0.717, 1.165) is 50.1 Å². The first-order valence-electron chi connectivity index (χ1n) is 7.93.